The van der Waals surface area contributed by atoms with E-state index in [2.05, 4.69) is 12.1 Å². The fourth-order valence-corrected chi connectivity index (χ4v) is 4.17. The van der Waals surface area contributed by atoms with Crippen LogP contribution in [0.15, 0.2) is 84.9 Å². The van der Waals surface area contributed by atoms with Gasteiger partial charge in [-0.05, 0) is 40.1 Å². The summed E-state index contributed by atoms with van der Waals surface area (Å²) in [5, 5.41) is 2.12. The van der Waals surface area contributed by atoms with E-state index in [4.69, 9.17) is 14.2 Å². The Labute approximate surface area is 181 Å². The molecule has 0 fully saturated rings. The van der Waals surface area contributed by atoms with Crippen molar-refractivity contribution < 1.29 is 19.0 Å². The molecule has 0 aromatic heterocycles. The van der Waals surface area contributed by atoms with Gasteiger partial charge >= 0.3 is 5.97 Å². The third kappa shape index (κ3) is 3.73. The molecule has 0 aliphatic carbocycles. The largest absolute Gasteiger partial charge is 0.497 e. The van der Waals surface area contributed by atoms with Crippen LogP contribution in [0, 0.1) is 0 Å². The van der Waals surface area contributed by atoms with Crippen molar-refractivity contribution in [3.05, 3.63) is 102 Å². The first-order valence-corrected chi connectivity index (χ1v) is 10.3. The highest BCUT2D eigenvalue weighted by Crippen LogP contribution is 2.48. The van der Waals surface area contributed by atoms with Gasteiger partial charge in [-0.15, -0.1) is 0 Å². The third-order valence-corrected chi connectivity index (χ3v) is 5.70. The van der Waals surface area contributed by atoms with E-state index in [1.807, 2.05) is 72.8 Å². The van der Waals surface area contributed by atoms with Crippen molar-refractivity contribution in [3.8, 4) is 17.2 Å². The fourth-order valence-electron chi connectivity index (χ4n) is 4.17. The molecule has 31 heavy (non-hydrogen) atoms. The number of ether oxygens (including phenoxy) is 3. The molecule has 4 aromatic rings. The summed E-state index contributed by atoms with van der Waals surface area (Å²) in [6, 6.07) is 27.9. The molecule has 0 amide bonds. The van der Waals surface area contributed by atoms with Crippen LogP contribution in [0.1, 0.15) is 29.0 Å². The predicted octanol–water partition coefficient (Wildman–Crippen LogP) is 5.87. The lowest BCUT2D eigenvalue weighted by Crippen LogP contribution is -2.22. The van der Waals surface area contributed by atoms with E-state index in [-0.39, 0.29) is 18.3 Å². The van der Waals surface area contributed by atoms with Crippen LogP contribution in [0.4, 0.5) is 0 Å². The van der Waals surface area contributed by atoms with Gasteiger partial charge in [0.2, 0.25) is 0 Å². The molecule has 0 spiro atoms. The number of carbonyl (C=O) groups is 1. The van der Waals surface area contributed by atoms with Crippen LogP contribution in [-0.4, -0.2) is 13.1 Å². The second-order valence-corrected chi connectivity index (χ2v) is 7.62. The van der Waals surface area contributed by atoms with E-state index in [9.17, 15) is 4.79 Å². The van der Waals surface area contributed by atoms with Crippen molar-refractivity contribution in [2.75, 3.05) is 7.11 Å². The summed E-state index contributed by atoms with van der Waals surface area (Å²) < 4.78 is 17.2. The molecule has 4 aromatic carbocycles. The van der Waals surface area contributed by atoms with Crippen molar-refractivity contribution in [1.82, 2.24) is 0 Å². The van der Waals surface area contributed by atoms with Gasteiger partial charge < -0.3 is 14.2 Å². The van der Waals surface area contributed by atoms with Gasteiger partial charge in [0, 0.05) is 11.5 Å². The number of hydrogen-bond donors (Lipinski definition) is 0. The predicted molar refractivity (Wildman–Crippen MR) is 120 cm³/mol. The van der Waals surface area contributed by atoms with Crippen LogP contribution in [0.5, 0.6) is 17.2 Å². The molecule has 0 saturated carbocycles. The van der Waals surface area contributed by atoms with Crippen molar-refractivity contribution in [3.63, 3.8) is 0 Å². The normalized spacial score (nSPS) is 15.3. The smallest absolute Gasteiger partial charge is 0.312 e. The van der Waals surface area contributed by atoms with Crippen molar-refractivity contribution in [2.45, 2.75) is 18.9 Å². The molecule has 1 atom stereocenters. The molecule has 0 bridgehead atoms. The minimum atomic E-state index is -0.256. The first-order valence-electron chi connectivity index (χ1n) is 10.3. The van der Waals surface area contributed by atoms with Crippen LogP contribution in [0.2, 0.25) is 0 Å². The summed E-state index contributed by atoms with van der Waals surface area (Å²) in [6.07, 6.45) is 0.283. The second-order valence-electron chi connectivity index (χ2n) is 7.62. The Hall–Kier alpha value is -3.79. The average molecular weight is 410 g/mol. The van der Waals surface area contributed by atoms with Gasteiger partial charge in [-0.2, -0.15) is 0 Å². The summed E-state index contributed by atoms with van der Waals surface area (Å²) in [4.78, 5) is 12.6. The average Bonchev–Trinajstić information content (AvgIpc) is 2.82. The lowest BCUT2D eigenvalue weighted by molar-refractivity contribution is -0.135. The Kier molecular flexibility index (Phi) is 5.04. The van der Waals surface area contributed by atoms with Gasteiger partial charge in [-0.3, -0.25) is 4.79 Å². The first kappa shape index (κ1) is 19.2. The van der Waals surface area contributed by atoms with Gasteiger partial charge in [0.15, 0.2) is 11.5 Å². The van der Waals surface area contributed by atoms with Crippen LogP contribution >= 0.6 is 0 Å². The van der Waals surface area contributed by atoms with Gasteiger partial charge in [0.25, 0.3) is 0 Å². The van der Waals surface area contributed by atoms with Crippen LogP contribution in [0.25, 0.3) is 10.8 Å². The number of carbonyl (C=O) groups excluding carboxylic acids is 1. The maximum atomic E-state index is 12.6. The zero-order valence-corrected chi connectivity index (χ0v) is 17.2. The highest BCUT2D eigenvalue weighted by Gasteiger charge is 2.33. The number of benzene rings is 4. The molecule has 0 radical (unpaired) electrons. The van der Waals surface area contributed by atoms with Gasteiger partial charge in [0.1, 0.15) is 12.4 Å². The molecule has 5 rings (SSSR count). The monoisotopic (exact) mass is 410 g/mol. The lowest BCUT2D eigenvalue weighted by atomic mass is 9.83. The molecule has 4 nitrogen and oxygen atoms in total. The number of esters is 1. The number of methoxy groups -OCH3 is 1. The van der Waals surface area contributed by atoms with Crippen LogP contribution in [-0.2, 0) is 11.4 Å². The zero-order valence-electron chi connectivity index (χ0n) is 17.2. The number of hydrogen-bond acceptors (Lipinski definition) is 4. The summed E-state index contributed by atoms with van der Waals surface area (Å²) >= 11 is 0. The summed E-state index contributed by atoms with van der Waals surface area (Å²) in [5.41, 5.74) is 3.09. The van der Waals surface area contributed by atoms with Crippen LogP contribution in [0.3, 0.4) is 0 Å². The maximum absolute atomic E-state index is 12.6. The van der Waals surface area contributed by atoms with E-state index >= 15 is 0 Å². The van der Waals surface area contributed by atoms with Crippen molar-refractivity contribution in [2.24, 2.45) is 0 Å². The van der Waals surface area contributed by atoms with E-state index in [1.54, 1.807) is 7.11 Å². The Morgan fingerprint density at radius 3 is 2.45 bits per heavy atom. The highest BCUT2D eigenvalue weighted by atomic mass is 16.6. The van der Waals surface area contributed by atoms with Crippen molar-refractivity contribution in [1.29, 1.82) is 0 Å². The van der Waals surface area contributed by atoms with E-state index in [1.165, 1.54) is 0 Å². The van der Waals surface area contributed by atoms with Gasteiger partial charge in [0.05, 0.1) is 13.5 Å². The fraction of sp³-hybridized carbons (Fsp3) is 0.148. The molecule has 154 valence electrons. The maximum Gasteiger partial charge on any atom is 0.312 e. The standard InChI is InChI=1S/C27H22O4/c1-29-21-13-11-19(12-14-21)23-16-25(28)31-27-24(30-17-18-7-3-2-4-8-18)15-20-9-5-6-10-22(20)26(23)27/h2-15,23H,16-17H2,1H3/t23-/m0/s1. The lowest BCUT2D eigenvalue weighted by Gasteiger charge is -2.28. The van der Waals surface area contributed by atoms with Gasteiger partial charge in [-0.25, -0.2) is 0 Å². The highest BCUT2D eigenvalue weighted by molar-refractivity contribution is 5.94. The Morgan fingerprint density at radius 2 is 1.68 bits per heavy atom. The molecule has 0 unspecified atom stereocenters. The first-order chi connectivity index (χ1) is 15.2. The Balaban J connectivity index is 1.63. The van der Waals surface area contributed by atoms with Crippen molar-refractivity contribution >= 4 is 16.7 Å². The zero-order chi connectivity index (χ0) is 21.2. The van der Waals surface area contributed by atoms with E-state index < -0.39 is 0 Å². The molecule has 4 heteroatoms. The van der Waals surface area contributed by atoms with E-state index in [0.717, 1.165) is 33.2 Å². The summed E-state index contributed by atoms with van der Waals surface area (Å²) in [7, 11) is 1.64. The van der Waals surface area contributed by atoms with Crippen LogP contribution < -0.4 is 14.2 Å². The quantitative estimate of drug-likeness (QED) is 0.305. The minimum Gasteiger partial charge on any atom is -0.497 e. The third-order valence-electron chi connectivity index (χ3n) is 5.70. The summed E-state index contributed by atoms with van der Waals surface area (Å²) in [5.74, 6) is 1.52. The topological polar surface area (TPSA) is 44.8 Å². The van der Waals surface area contributed by atoms with E-state index in [0.29, 0.717) is 18.1 Å². The number of rotatable bonds is 5. The Morgan fingerprint density at radius 1 is 0.935 bits per heavy atom. The van der Waals surface area contributed by atoms with Gasteiger partial charge in [-0.1, -0.05) is 66.7 Å². The SMILES string of the molecule is COc1ccc([C@@H]2CC(=O)Oc3c(OCc4ccccc4)cc4ccccc4c32)cc1. The summed E-state index contributed by atoms with van der Waals surface area (Å²) in [6.45, 7) is 0.399. The molecule has 1 aliphatic rings. The minimum absolute atomic E-state index is 0.118. The molecule has 1 aliphatic heterocycles. The molecular formula is C27H22O4. The molecule has 1 heterocycles. The molecule has 0 saturated heterocycles. The number of fused-ring (bicyclic) bond motifs is 3. The second kappa shape index (κ2) is 8.15. The molecular weight excluding hydrogens is 388 g/mol. The molecule has 0 N–H and O–H groups in total. The Bertz CT molecular complexity index is 1230.